The molecule has 1 amide bonds. The fraction of sp³-hybridized carbons (Fsp3) is 0.263. The molecule has 0 saturated carbocycles. The number of carbonyl (C=O) groups is 2. The number of amides is 1. The van der Waals surface area contributed by atoms with E-state index in [4.69, 9.17) is 14.2 Å². The van der Waals surface area contributed by atoms with Crippen molar-refractivity contribution in [2.75, 3.05) is 19.8 Å². The van der Waals surface area contributed by atoms with Gasteiger partial charge >= 0.3 is 5.97 Å². The highest BCUT2D eigenvalue weighted by atomic mass is 19.1. The molecule has 3 rings (SSSR count). The summed E-state index contributed by atoms with van der Waals surface area (Å²) in [7, 11) is 0. The van der Waals surface area contributed by atoms with Gasteiger partial charge in [-0.25, -0.2) is 9.18 Å². The predicted molar refractivity (Wildman–Crippen MR) is 90.7 cm³/mol. The Hall–Kier alpha value is -3.09. The maximum atomic E-state index is 13.5. The van der Waals surface area contributed by atoms with E-state index in [0.717, 1.165) is 11.6 Å². The average molecular weight is 359 g/mol. The summed E-state index contributed by atoms with van der Waals surface area (Å²) in [5.41, 5.74) is 0.614. The van der Waals surface area contributed by atoms with Gasteiger partial charge in [-0.1, -0.05) is 18.2 Å². The molecule has 0 saturated heterocycles. The van der Waals surface area contributed by atoms with Crippen LogP contribution in [-0.4, -0.2) is 31.7 Å². The molecule has 0 spiro atoms. The van der Waals surface area contributed by atoms with Gasteiger partial charge in [0.1, 0.15) is 19.0 Å². The molecule has 0 fully saturated rings. The van der Waals surface area contributed by atoms with E-state index in [9.17, 15) is 14.0 Å². The second-order valence-corrected chi connectivity index (χ2v) is 5.75. The zero-order valence-electron chi connectivity index (χ0n) is 14.2. The lowest BCUT2D eigenvalue weighted by Gasteiger charge is -2.21. The van der Waals surface area contributed by atoms with E-state index in [2.05, 4.69) is 5.32 Å². The van der Waals surface area contributed by atoms with Crippen molar-refractivity contribution in [1.29, 1.82) is 0 Å². The molecule has 1 atom stereocenters. The molecule has 6 nitrogen and oxygen atoms in total. The molecule has 2 aromatic carbocycles. The smallest absolute Gasteiger partial charge is 0.341 e. The number of nitrogens with one attached hydrogen (secondary N) is 1. The first kappa shape index (κ1) is 17.7. The third-order valence-electron chi connectivity index (χ3n) is 3.87. The SMILES string of the molecule is C[C@H](NC(=O)COC(=O)c1ccccc1F)c1ccc2c(c1)OCCO2. The van der Waals surface area contributed by atoms with Gasteiger partial charge in [-0.2, -0.15) is 0 Å². The second kappa shape index (κ2) is 7.86. The molecule has 136 valence electrons. The first-order valence-corrected chi connectivity index (χ1v) is 8.15. The van der Waals surface area contributed by atoms with E-state index in [0.29, 0.717) is 24.7 Å². The predicted octanol–water partition coefficient (Wildman–Crippen LogP) is 2.63. The van der Waals surface area contributed by atoms with Crippen LogP contribution in [0.3, 0.4) is 0 Å². The molecular weight excluding hydrogens is 341 g/mol. The van der Waals surface area contributed by atoms with E-state index < -0.39 is 24.3 Å². The molecule has 0 unspecified atom stereocenters. The zero-order chi connectivity index (χ0) is 18.5. The van der Waals surface area contributed by atoms with Crippen molar-refractivity contribution in [3.05, 3.63) is 59.4 Å². The number of ether oxygens (including phenoxy) is 3. The zero-order valence-corrected chi connectivity index (χ0v) is 14.2. The molecule has 1 aliphatic heterocycles. The fourth-order valence-electron chi connectivity index (χ4n) is 2.53. The number of rotatable bonds is 5. The molecule has 1 heterocycles. The van der Waals surface area contributed by atoms with Gasteiger partial charge in [0.25, 0.3) is 5.91 Å². The van der Waals surface area contributed by atoms with Gasteiger partial charge in [-0.3, -0.25) is 4.79 Å². The van der Waals surface area contributed by atoms with Crippen LogP contribution < -0.4 is 14.8 Å². The van der Waals surface area contributed by atoms with Crippen LogP contribution in [0.4, 0.5) is 4.39 Å². The summed E-state index contributed by atoms with van der Waals surface area (Å²) in [6, 6.07) is 10.5. The largest absolute Gasteiger partial charge is 0.486 e. The number of benzene rings is 2. The number of hydrogen-bond acceptors (Lipinski definition) is 5. The number of esters is 1. The maximum absolute atomic E-state index is 13.5. The Morgan fingerprint density at radius 2 is 1.88 bits per heavy atom. The molecule has 2 aromatic rings. The summed E-state index contributed by atoms with van der Waals surface area (Å²) in [5.74, 6) is -0.775. The van der Waals surface area contributed by atoms with Crippen LogP contribution in [0.2, 0.25) is 0 Å². The average Bonchev–Trinajstić information content (AvgIpc) is 2.66. The Bertz CT molecular complexity index is 823. The van der Waals surface area contributed by atoms with Crippen molar-refractivity contribution in [1.82, 2.24) is 5.32 Å². The molecule has 7 heteroatoms. The van der Waals surface area contributed by atoms with Crippen molar-refractivity contribution in [3.8, 4) is 11.5 Å². The quantitative estimate of drug-likeness (QED) is 0.831. The van der Waals surface area contributed by atoms with E-state index in [1.807, 2.05) is 6.07 Å². The lowest BCUT2D eigenvalue weighted by Crippen LogP contribution is -2.31. The van der Waals surface area contributed by atoms with Crippen molar-refractivity contribution < 1.29 is 28.2 Å². The minimum absolute atomic E-state index is 0.208. The maximum Gasteiger partial charge on any atom is 0.341 e. The minimum atomic E-state index is -0.884. The van der Waals surface area contributed by atoms with E-state index in [1.54, 1.807) is 19.1 Å². The summed E-state index contributed by atoms with van der Waals surface area (Å²) >= 11 is 0. The summed E-state index contributed by atoms with van der Waals surface area (Å²) < 4.78 is 29.3. The monoisotopic (exact) mass is 359 g/mol. The van der Waals surface area contributed by atoms with Crippen LogP contribution >= 0.6 is 0 Å². The van der Waals surface area contributed by atoms with Gasteiger partial charge in [0.05, 0.1) is 11.6 Å². The molecule has 1 aliphatic rings. The van der Waals surface area contributed by atoms with Crippen LogP contribution in [0.25, 0.3) is 0 Å². The second-order valence-electron chi connectivity index (χ2n) is 5.75. The number of carbonyl (C=O) groups excluding carboxylic acids is 2. The van der Waals surface area contributed by atoms with Crippen molar-refractivity contribution in [2.45, 2.75) is 13.0 Å². The van der Waals surface area contributed by atoms with Gasteiger partial charge in [0, 0.05) is 0 Å². The third kappa shape index (κ3) is 4.11. The molecule has 0 aliphatic carbocycles. The summed E-state index contributed by atoms with van der Waals surface area (Å²) in [6.45, 7) is 2.28. The molecule has 0 radical (unpaired) electrons. The number of hydrogen-bond donors (Lipinski definition) is 1. The lowest BCUT2D eigenvalue weighted by atomic mass is 10.1. The first-order chi connectivity index (χ1) is 12.5. The topological polar surface area (TPSA) is 73.9 Å². The first-order valence-electron chi connectivity index (χ1n) is 8.15. The fourth-order valence-corrected chi connectivity index (χ4v) is 2.53. The molecule has 0 bridgehead atoms. The summed E-state index contributed by atoms with van der Waals surface area (Å²) in [6.07, 6.45) is 0. The Kier molecular flexibility index (Phi) is 5.36. The lowest BCUT2D eigenvalue weighted by molar-refractivity contribution is -0.124. The normalized spacial score (nSPS) is 13.6. The van der Waals surface area contributed by atoms with Crippen molar-refractivity contribution in [3.63, 3.8) is 0 Å². The Balaban J connectivity index is 1.54. The number of fused-ring (bicyclic) bond motifs is 1. The highest BCUT2D eigenvalue weighted by Gasteiger charge is 2.18. The highest BCUT2D eigenvalue weighted by Crippen LogP contribution is 2.32. The van der Waals surface area contributed by atoms with Gasteiger partial charge in [-0.15, -0.1) is 0 Å². The van der Waals surface area contributed by atoms with Crippen molar-refractivity contribution in [2.24, 2.45) is 0 Å². The Morgan fingerprint density at radius 3 is 2.65 bits per heavy atom. The Morgan fingerprint density at radius 1 is 1.15 bits per heavy atom. The minimum Gasteiger partial charge on any atom is -0.486 e. The van der Waals surface area contributed by atoms with Gasteiger partial charge < -0.3 is 19.5 Å². The molecule has 0 aromatic heterocycles. The Labute approximate surface area is 149 Å². The van der Waals surface area contributed by atoms with Crippen molar-refractivity contribution >= 4 is 11.9 Å². The van der Waals surface area contributed by atoms with Crippen LogP contribution in [0, 0.1) is 5.82 Å². The van der Waals surface area contributed by atoms with E-state index >= 15 is 0 Å². The van der Waals surface area contributed by atoms with Gasteiger partial charge in [-0.05, 0) is 36.8 Å². The highest BCUT2D eigenvalue weighted by molar-refractivity contribution is 5.91. The summed E-state index contributed by atoms with van der Waals surface area (Å²) in [5, 5.41) is 2.72. The molecule has 1 N–H and O–H groups in total. The van der Waals surface area contributed by atoms with Gasteiger partial charge in [0.2, 0.25) is 0 Å². The molecular formula is C19H18FNO5. The van der Waals surface area contributed by atoms with Gasteiger partial charge in [0.15, 0.2) is 18.1 Å². The standard InChI is InChI=1S/C19H18FNO5/c1-12(13-6-7-16-17(10-13)25-9-8-24-16)21-18(22)11-26-19(23)14-4-2-3-5-15(14)20/h2-7,10,12H,8-9,11H2,1H3,(H,21,22)/t12-/m0/s1. The van der Waals surface area contributed by atoms with E-state index in [1.165, 1.54) is 18.2 Å². The van der Waals surface area contributed by atoms with E-state index in [-0.39, 0.29) is 11.6 Å². The number of halogens is 1. The van der Waals surface area contributed by atoms with Crippen LogP contribution in [0.1, 0.15) is 28.9 Å². The molecule has 26 heavy (non-hydrogen) atoms. The summed E-state index contributed by atoms with van der Waals surface area (Å²) in [4.78, 5) is 23.8. The van der Waals surface area contributed by atoms with Crippen LogP contribution in [0.5, 0.6) is 11.5 Å². The van der Waals surface area contributed by atoms with Crippen LogP contribution in [0.15, 0.2) is 42.5 Å². The third-order valence-corrected chi connectivity index (χ3v) is 3.87. The van der Waals surface area contributed by atoms with Crippen LogP contribution in [-0.2, 0) is 9.53 Å².